The van der Waals surface area contributed by atoms with Crippen LogP contribution in [-0.4, -0.2) is 12.6 Å². The highest BCUT2D eigenvalue weighted by molar-refractivity contribution is 6.31. The van der Waals surface area contributed by atoms with Gasteiger partial charge in [0.05, 0.1) is 22.8 Å². The van der Waals surface area contributed by atoms with E-state index in [4.69, 9.17) is 21.6 Å². The van der Waals surface area contributed by atoms with Crippen molar-refractivity contribution in [2.24, 2.45) is 0 Å². The van der Waals surface area contributed by atoms with E-state index in [0.717, 1.165) is 12.1 Å². The second-order valence-electron chi connectivity index (χ2n) is 2.64. The van der Waals surface area contributed by atoms with E-state index in [-0.39, 0.29) is 22.8 Å². The molecule has 0 aliphatic carbocycles. The van der Waals surface area contributed by atoms with E-state index >= 15 is 0 Å². The summed E-state index contributed by atoms with van der Waals surface area (Å²) in [6, 6.07) is 3.71. The summed E-state index contributed by atoms with van der Waals surface area (Å²) in [7, 11) is 0. The summed E-state index contributed by atoms with van der Waals surface area (Å²) < 4.78 is 17.7. The van der Waals surface area contributed by atoms with Gasteiger partial charge in [-0.25, -0.2) is 9.18 Å². The fourth-order valence-electron chi connectivity index (χ4n) is 1.02. The smallest absolute Gasteiger partial charge is 0.339 e. The maximum atomic E-state index is 13.0. The summed E-state index contributed by atoms with van der Waals surface area (Å²) >= 11 is 5.49. The Morgan fingerprint density at radius 2 is 2.33 bits per heavy atom. The second kappa shape index (κ2) is 4.76. The topological polar surface area (TPSA) is 50.1 Å². The zero-order valence-corrected chi connectivity index (χ0v) is 8.64. The number of rotatable bonds is 2. The summed E-state index contributed by atoms with van der Waals surface area (Å²) in [6.45, 7) is 1.81. The molecule has 78 valence electrons. The predicted octanol–water partition coefficient (Wildman–Crippen LogP) is 2.53. The highest BCUT2D eigenvalue weighted by Gasteiger charge is 2.15. The van der Waals surface area contributed by atoms with Gasteiger partial charge in [-0.1, -0.05) is 11.6 Å². The molecule has 0 saturated carbocycles. The monoisotopic (exact) mass is 227 g/mol. The van der Waals surface area contributed by atoms with E-state index in [1.165, 1.54) is 0 Å². The van der Waals surface area contributed by atoms with Crippen molar-refractivity contribution in [1.82, 2.24) is 0 Å². The van der Waals surface area contributed by atoms with Crippen LogP contribution < -0.4 is 0 Å². The van der Waals surface area contributed by atoms with Crippen LogP contribution in [-0.2, 0) is 4.74 Å². The largest absolute Gasteiger partial charge is 0.462 e. The van der Waals surface area contributed by atoms with Crippen molar-refractivity contribution in [3.8, 4) is 6.07 Å². The SMILES string of the molecule is CCOC(=O)c1cc(Cl)c(F)cc1C#N. The lowest BCUT2D eigenvalue weighted by Crippen LogP contribution is -2.07. The van der Waals surface area contributed by atoms with Gasteiger partial charge in [0.25, 0.3) is 0 Å². The maximum absolute atomic E-state index is 13.0. The van der Waals surface area contributed by atoms with Crippen molar-refractivity contribution in [1.29, 1.82) is 5.26 Å². The lowest BCUT2D eigenvalue weighted by atomic mass is 10.1. The molecule has 0 bridgehead atoms. The van der Waals surface area contributed by atoms with Crippen LogP contribution in [0.1, 0.15) is 22.8 Å². The van der Waals surface area contributed by atoms with Gasteiger partial charge in [0.2, 0.25) is 0 Å². The van der Waals surface area contributed by atoms with Gasteiger partial charge >= 0.3 is 5.97 Å². The minimum absolute atomic E-state index is 0.0225. The second-order valence-corrected chi connectivity index (χ2v) is 3.05. The first kappa shape index (κ1) is 11.5. The number of halogens is 2. The number of benzene rings is 1. The number of hydrogen-bond acceptors (Lipinski definition) is 3. The summed E-state index contributed by atoms with van der Waals surface area (Å²) in [5.74, 6) is -1.42. The van der Waals surface area contributed by atoms with Crippen molar-refractivity contribution < 1.29 is 13.9 Å². The third-order valence-corrected chi connectivity index (χ3v) is 1.97. The van der Waals surface area contributed by atoms with Crippen molar-refractivity contribution >= 4 is 17.6 Å². The van der Waals surface area contributed by atoms with E-state index in [1.807, 2.05) is 0 Å². The Bertz CT molecular complexity index is 440. The summed E-state index contributed by atoms with van der Waals surface area (Å²) in [4.78, 5) is 11.3. The predicted molar refractivity (Wildman–Crippen MR) is 52.1 cm³/mol. The molecule has 0 N–H and O–H groups in total. The Morgan fingerprint density at radius 1 is 1.67 bits per heavy atom. The van der Waals surface area contributed by atoms with Crippen LogP contribution in [0, 0.1) is 17.1 Å². The van der Waals surface area contributed by atoms with Crippen molar-refractivity contribution in [3.63, 3.8) is 0 Å². The minimum Gasteiger partial charge on any atom is -0.462 e. The molecule has 0 radical (unpaired) electrons. The summed E-state index contributed by atoms with van der Waals surface area (Å²) in [5, 5.41) is 8.47. The van der Waals surface area contributed by atoms with Gasteiger partial charge in [0.15, 0.2) is 0 Å². The van der Waals surface area contributed by atoms with Gasteiger partial charge in [-0.2, -0.15) is 5.26 Å². The average molecular weight is 228 g/mol. The normalized spacial score (nSPS) is 9.47. The third kappa shape index (κ3) is 2.45. The molecular weight excluding hydrogens is 221 g/mol. The Labute approximate surface area is 91.0 Å². The number of nitrogens with zero attached hydrogens (tertiary/aromatic N) is 1. The fraction of sp³-hybridized carbons (Fsp3) is 0.200. The van der Waals surface area contributed by atoms with Crippen LogP contribution in [0.4, 0.5) is 4.39 Å². The highest BCUT2D eigenvalue weighted by Crippen LogP contribution is 2.20. The van der Waals surface area contributed by atoms with E-state index in [9.17, 15) is 9.18 Å². The fourth-order valence-corrected chi connectivity index (χ4v) is 1.18. The molecule has 0 fully saturated rings. The first-order chi connectivity index (χ1) is 7.10. The zero-order valence-electron chi connectivity index (χ0n) is 7.88. The number of carbonyl (C=O) groups excluding carboxylic acids is 1. The molecule has 0 atom stereocenters. The first-order valence-corrected chi connectivity index (χ1v) is 4.54. The minimum atomic E-state index is -0.735. The molecule has 5 heteroatoms. The van der Waals surface area contributed by atoms with Gasteiger partial charge in [-0.3, -0.25) is 0 Å². The van der Waals surface area contributed by atoms with Crippen LogP contribution in [0.15, 0.2) is 12.1 Å². The van der Waals surface area contributed by atoms with Crippen molar-refractivity contribution in [2.75, 3.05) is 6.61 Å². The van der Waals surface area contributed by atoms with Gasteiger partial charge in [0, 0.05) is 0 Å². The van der Waals surface area contributed by atoms with Crippen LogP contribution >= 0.6 is 11.6 Å². The van der Waals surface area contributed by atoms with Crippen molar-refractivity contribution in [3.05, 3.63) is 34.1 Å². The molecule has 0 amide bonds. The van der Waals surface area contributed by atoms with E-state index in [2.05, 4.69) is 0 Å². The quantitative estimate of drug-likeness (QED) is 0.730. The molecule has 0 heterocycles. The Kier molecular flexibility index (Phi) is 3.64. The van der Waals surface area contributed by atoms with E-state index < -0.39 is 11.8 Å². The summed E-state index contributed by atoms with van der Waals surface area (Å²) in [5.41, 5.74) is -0.110. The molecule has 0 aliphatic rings. The lowest BCUT2D eigenvalue weighted by Gasteiger charge is -2.04. The molecule has 0 saturated heterocycles. The zero-order chi connectivity index (χ0) is 11.4. The first-order valence-electron chi connectivity index (χ1n) is 4.16. The Hall–Kier alpha value is -1.60. The standard InChI is InChI=1S/C10H7ClFNO2/c1-2-15-10(14)7-4-8(11)9(12)3-6(7)5-13/h3-4H,2H2,1H3. The number of ether oxygens (including phenoxy) is 1. The molecule has 0 spiro atoms. The highest BCUT2D eigenvalue weighted by atomic mass is 35.5. The molecule has 15 heavy (non-hydrogen) atoms. The maximum Gasteiger partial charge on any atom is 0.339 e. The number of esters is 1. The molecule has 3 nitrogen and oxygen atoms in total. The van der Waals surface area contributed by atoms with Gasteiger partial charge < -0.3 is 4.74 Å². The van der Waals surface area contributed by atoms with E-state index in [1.54, 1.807) is 13.0 Å². The average Bonchev–Trinajstić information content (AvgIpc) is 2.21. The molecular formula is C10H7ClFNO2. The summed E-state index contributed by atoms with van der Waals surface area (Å²) in [6.07, 6.45) is 0. The number of carbonyl (C=O) groups is 1. The molecule has 0 aliphatic heterocycles. The van der Waals surface area contributed by atoms with Crippen LogP contribution in [0.5, 0.6) is 0 Å². The molecule has 0 aromatic heterocycles. The van der Waals surface area contributed by atoms with Crippen LogP contribution in [0.2, 0.25) is 5.02 Å². The molecule has 1 rings (SSSR count). The van der Waals surface area contributed by atoms with Gasteiger partial charge in [-0.05, 0) is 19.1 Å². The van der Waals surface area contributed by atoms with E-state index in [0.29, 0.717) is 0 Å². The van der Waals surface area contributed by atoms with Crippen LogP contribution in [0.25, 0.3) is 0 Å². The van der Waals surface area contributed by atoms with Gasteiger partial charge in [0.1, 0.15) is 11.9 Å². The molecule has 1 aromatic rings. The molecule has 1 aromatic carbocycles. The Balaban J connectivity index is 3.23. The number of hydrogen-bond donors (Lipinski definition) is 0. The van der Waals surface area contributed by atoms with Gasteiger partial charge in [-0.15, -0.1) is 0 Å². The lowest BCUT2D eigenvalue weighted by molar-refractivity contribution is 0.0526. The molecule has 0 unspecified atom stereocenters. The van der Waals surface area contributed by atoms with Crippen molar-refractivity contribution in [2.45, 2.75) is 6.92 Å². The number of nitriles is 1. The third-order valence-electron chi connectivity index (χ3n) is 1.68. The Morgan fingerprint density at radius 3 is 2.87 bits per heavy atom. The van der Waals surface area contributed by atoms with Crippen LogP contribution in [0.3, 0.4) is 0 Å².